The molecule has 2 aromatic heterocycles. The van der Waals surface area contributed by atoms with E-state index in [4.69, 9.17) is 9.84 Å². The lowest BCUT2D eigenvalue weighted by molar-refractivity contribution is -0.136. The Kier molecular flexibility index (Phi) is 6.13. The third kappa shape index (κ3) is 4.60. The maximum atomic E-state index is 11.1. The number of hydrogen-bond donors (Lipinski definition) is 1. The van der Waals surface area contributed by atoms with Crippen LogP contribution in [0.1, 0.15) is 24.5 Å². The van der Waals surface area contributed by atoms with Crippen molar-refractivity contribution >= 4 is 22.8 Å². The van der Waals surface area contributed by atoms with E-state index in [1.807, 2.05) is 60.4 Å². The predicted octanol–water partition coefficient (Wildman–Crippen LogP) is 3.06. The summed E-state index contributed by atoms with van der Waals surface area (Å²) in [7, 11) is 3.88. The van der Waals surface area contributed by atoms with Crippen LogP contribution in [0.25, 0.3) is 10.9 Å². The van der Waals surface area contributed by atoms with E-state index < -0.39 is 5.97 Å². The number of ether oxygens (including phenoxy) is 1. The van der Waals surface area contributed by atoms with E-state index >= 15 is 0 Å². The van der Waals surface area contributed by atoms with Crippen LogP contribution in [0.3, 0.4) is 0 Å². The fourth-order valence-corrected chi connectivity index (χ4v) is 3.17. The summed E-state index contributed by atoms with van der Waals surface area (Å²) >= 11 is 0. The Bertz CT molecular complexity index is 950. The van der Waals surface area contributed by atoms with Crippen LogP contribution < -0.4 is 9.64 Å². The maximum Gasteiger partial charge on any atom is 0.307 e. The number of aliphatic carboxylic acids is 1. The topological polar surface area (TPSA) is 80.5 Å². The summed E-state index contributed by atoms with van der Waals surface area (Å²) in [6.07, 6.45) is 7.34. The Morgan fingerprint density at radius 3 is 2.71 bits per heavy atom. The van der Waals surface area contributed by atoms with Gasteiger partial charge in [-0.25, -0.2) is 9.97 Å². The molecular weight excluding hydrogens is 356 g/mol. The first-order chi connectivity index (χ1) is 13.5. The van der Waals surface area contributed by atoms with Gasteiger partial charge in [0.05, 0.1) is 13.0 Å². The number of carboxylic acids is 1. The summed E-state index contributed by atoms with van der Waals surface area (Å²) in [6.45, 7) is 3.42. The molecule has 2 heterocycles. The van der Waals surface area contributed by atoms with Crippen LogP contribution in [0.4, 0.5) is 5.95 Å². The van der Waals surface area contributed by atoms with Crippen LogP contribution in [-0.2, 0) is 24.7 Å². The van der Waals surface area contributed by atoms with E-state index in [1.165, 1.54) is 0 Å². The van der Waals surface area contributed by atoms with Crippen LogP contribution in [0, 0.1) is 0 Å². The van der Waals surface area contributed by atoms with Gasteiger partial charge in [-0.05, 0) is 42.2 Å². The molecule has 0 bridgehead atoms. The number of fused-ring (bicyclic) bond motifs is 1. The Hall–Kier alpha value is -3.09. The van der Waals surface area contributed by atoms with E-state index in [0.29, 0.717) is 12.6 Å². The molecule has 0 saturated carbocycles. The van der Waals surface area contributed by atoms with Gasteiger partial charge in [-0.3, -0.25) is 4.79 Å². The molecule has 0 aliphatic rings. The third-order valence-corrected chi connectivity index (χ3v) is 4.73. The van der Waals surface area contributed by atoms with Crippen molar-refractivity contribution in [3.63, 3.8) is 0 Å². The molecule has 0 aliphatic carbocycles. The molecule has 1 aromatic carbocycles. The molecule has 0 amide bonds. The van der Waals surface area contributed by atoms with Gasteiger partial charge in [0.25, 0.3) is 0 Å². The largest absolute Gasteiger partial charge is 0.494 e. The second-order valence-electron chi connectivity index (χ2n) is 6.88. The zero-order valence-electron chi connectivity index (χ0n) is 16.6. The smallest absolute Gasteiger partial charge is 0.307 e. The minimum atomic E-state index is -0.837. The minimum Gasteiger partial charge on any atom is -0.494 e. The maximum absolute atomic E-state index is 11.1. The molecule has 148 valence electrons. The highest BCUT2D eigenvalue weighted by Crippen LogP contribution is 2.26. The van der Waals surface area contributed by atoms with Crippen molar-refractivity contribution in [1.82, 2.24) is 14.5 Å². The molecule has 0 aliphatic heterocycles. The average Bonchev–Trinajstić information content (AvgIpc) is 2.99. The van der Waals surface area contributed by atoms with Crippen molar-refractivity contribution in [3.05, 3.63) is 47.9 Å². The molecule has 0 radical (unpaired) electrons. The molecule has 0 saturated heterocycles. The Balaban J connectivity index is 1.56. The van der Waals surface area contributed by atoms with Gasteiger partial charge >= 0.3 is 5.97 Å². The average molecular weight is 382 g/mol. The summed E-state index contributed by atoms with van der Waals surface area (Å²) in [5.41, 5.74) is 2.91. The molecule has 3 aromatic rings. The van der Waals surface area contributed by atoms with Gasteiger partial charge in [0.15, 0.2) is 0 Å². The summed E-state index contributed by atoms with van der Waals surface area (Å²) in [5, 5.41) is 10.0. The number of carboxylic acid groups (broad SMARTS) is 1. The molecule has 0 unspecified atom stereocenters. The van der Waals surface area contributed by atoms with Crippen molar-refractivity contribution in [2.45, 2.75) is 26.2 Å². The molecule has 1 N–H and O–H groups in total. The highest BCUT2D eigenvalue weighted by molar-refractivity contribution is 5.88. The molecule has 7 nitrogen and oxygen atoms in total. The highest BCUT2D eigenvalue weighted by atomic mass is 16.5. The molecule has 0 atom stereocenters. The number of hydrogen-bond acceptors (Lipinski definition) is 5. The zero-order chi connectivity index (χ0) is 20.1. The molecule has 28 heavy (non-hydrogen) atoms. The Morgan fingerprint density at radius 2 is 2.04 bits per heavy atom. The third-order valence-electron chi connectivity index (χ3n) is 4.73. The number of benzene rings is 1. The van der Waals surface area contributed by atoms with Crippen LogP contribution in [0.15, 0.2) is 36.8 Å². The van der Waals surface area contributed by atoms with Gasteiger partial charge in [-0.2, -0.15) is 0 Å². The van der Waals surface area contributed by atoms with Crippen LogP contribution in [-0.4, -0.2) is 45.8 Å². The number of aryl methyl sites for hydroxylation is 2. The van der Waals surface area contributed by atoms with E-state index in [0.717, 1.165) is 47.2 Å². The highest BCUT2D eigenvalue weighted by Gasteiger charge is 2.11. The normalized spacial score (nSPS) is 11.0. The summed E-state index contributed by atoms with van der Waals surface area (Å²) in [6, 6.07) is 5.80. The van der Waals surface area contributed by atoms with Gasteiger partial charge in [-0.1, -0.05) is 6.92 Å². The zero-order valence-corrected chi connectivity index (χ0v) is 16.6. The number of rotatable bonds is 9. The van der Waals surface area contributed by atoms with Crippen LogP contribution in [0.5, 0.6) is 5.75 Å². The second-order valence-corrected chi connectivity index (χ2v) is 6.88. The van der Waals surface area contributed by atoms with Gasteiger partial charge in [0, 0.05) is 50.1 Å². The second kappa shape index (κ2) is 8.73. The van der Waals surface area contributed by atoms with E-state index in [2.05, 4.69) is 16.9 Å². The van der Waals surface area contributed by atoms with Crippen LogP contribution in [0.2, 0.25) is 0 Å². The lowest BCUT2D eigenvalue weighted by atomic mass is 10.1. The predicted molar refractivity (Wildman–Crippen MR) is 109 cm³/mol. The van der Waals surface area contributed by atoms with Gasteiger partial charge in [0.1, 0.15) is 5.75 Å². The number of anilines is 1. The lowest BCUT2D eigenvalue weighted by Crippen LogP contribution is -2.22. The van der Waals surface area contributed by atoms with E-state index in [9.17, 15) is 4.79 Å². The van der Waals surface area contributed by atoms with Crippen LogP contribution >= 0.6 is 0 Å². The number of nitrogens with zero attached hydrogens (tertiary/aromatic N) is 4. The van der Waals surface area contributed by atoms with E-state index in [1.54, 1.807) is 0 Å². The number of carbonyl (C=O) groups is 1. The molecule has 0 spiro atoms. The monoisotopic (exact) mass is 382 g/mol. The summed E-state index contributed by atoms with van der Waals surface area (Å²) in [5.74, 6) is 0.619. The Labute approximate surface area is 164 Å². The molecular formula is C21H26N4O3. The van der Waals surface area contributed by atoms with Gasteiger partial charge in [-0.15, -0.1) is 0 Å². The van der Waals surface area contributed by atoms with E-state index in [-0.39, 0.29) is 6.42 Å². The van der Waals surface area contributed by atoms with Crippen molar-refractivity contribution in [2.75, 3.05) is 25.1 Å². The molecule has 3 rings (SSSR count). The van der Waals surface area contributed by atoms with Crippen molar-refractivity contribution in [3.8, 4) is 5.75 Å². The number of aromatic nitrogens is 3. The molecule has 7 heteroatoms. The fourth-order valence-electron chi connectivity index (χ4n) is 3.17. The van der Waals surface area contributed by atoms with Gasteiger partial charge in [0.2, 0.25) is 5.95 Å². The van der Waals surface area contributed by atoms with Crippen molar-refractivity contribution < 1.29 is 14.6 Å². The Morgan fingerprint density at radius 1 is 1.29 bits per heavy atom. The first kappa shape index (κ1) is 19.7. The van der Waals surface area contributed by atoms with Gasteiger partial charge < -0.3 is 19.3 Å². The SMILES string of the molecule is CCc1cnc(N(C)CCCOc2ccc3c(c2)c(CC(=O)O)cn3C)nc1. The first-order valence-electron chi connectivity index (χ1n) is 9.42. The van der Waals surface area contributed by atoms with Crippen molar-refractivity contribution in [2.24, 2.45) is 7.05 Å². The standard InChI is InChI=1S/C21H26N4O3/c1-4-15-12-22-21(23-13-15)24(2)8-5-9-28-17-6-7-19-18(11-17)16(10-20(26)27)14-25(19)3/h6-7,11-14H,4-5,8-10H2,1-3H3,(H,26,27). The lowest BCUT2D eigenvalue weighted by Gasteiger charge is -2.17. The van der Waals surface area contributed by atoms with Crippen molar-refractivity contribution in [1.29, 1.82) is 0 Å². The minimum absolute atomic E-state index is 0.00239. The summed E-state index contributed by atoms with van der Waals surface area (Å²) in [4.78, 5) is 21.8. The summed E-state index contributed by atoms with van der Waals surface area (Å²) < 4.78 is 7.82. The quantitative estimate of drug-likeness (QED) is 0.573. The first-order valence-corrected chi connectivity index (χ1v) is 9.42. The fraction of sp³-hybridized carbons (Fsp3) is 0.381. The molecule has 0 fully saturated rings.